The Morgan fingerprint density at radius 2 is 2.03 bits per heavy atom. The van der Waals surface area contributed by atoms with Gasteiger partial charge in [-0.05, 0) is 44.4 Å². The van der Waals surface area contributed by atoms with Gasteiger partial charge >= 0.3 is 18.2 Å². The number of nitrogens with zero attached hydrogens (tertiary/aromatic N) is 5. The minimum atomic E-state index is -5.08. The summed E-state index contributed by atoms with van der Waals surface area (Å²) in [6.07, 6.45) is 4.20. The van der Waals surface area contributed by atoms with Crippen LogP contribution >= 0.6 is 0 Å². The molecule has 1 atom stereocenters. The first-order valence-electron chi connectivity index (χ1n) is 10.7. The van der Waals surface area contributed by atoms with Crippen LogP contribution in [-0.2, 0) is 4.79 Å². The summed E-state index contributed by atoms with van der Waals surface area (Å²) in [5.74, 6) is -1.43. The maximum Gasteiger partial charge on any atom is 0.490 e. The van der Waals surface area contributed by atoms with Crippen molar-refractivity contribution in [2.24, 2.45) is 0 Å². The fourth-order valence-electron chi connectivity index (χ4n) is 3.88. The highest BCUT2D eigenvalue weighted by Gasteiger charge is 2.38. The molecule has 184 valence electrons. The highest BCUT2D eigenvalue weighted by Crippen LogP contribution is 2.32. The summed E-state index contributed by atoms with van der Waals surface area (Å²) in [6, 6.07) is 6.45. The summed E-state index contributed by atoms with van der Waals surface area (Å²) in [4.78, 5) is 23.9. The van der Waals surface area contributed by atoms with Crippen LogP contribution in [0.2, 0.25) is 0 Å². The Hall–Kier alpha value is -4.16. The normalized spacial score (nSPS) is 16.1. The predicted octanol–water partition coefficient (Wildman–Crippen LogP) is 4.27. The lowest BCUT2D eigenvalue weighted by Gasteiger charge is -2.34. The molecule has 1 fully saturated rings. The molecule has 1 aromatic carbocycles. The van der Waals surface area contributed by atoms with Crippen LogP contribution in [0.5, 0.6) is 0 Å². The molecule has 13 heteroatoms. The molecule has 1 unspecified atom stereocenters. The van der Waals surface area contributed by atoms with Crippen LogP contribution in [0.25, 0.3) is 33.6 Å². The van der Waals surface area contributed by atoms with Crippen molar-refractivity contribution < 1.29 is 27.5 Å². The third kappa shape index (κ3) is 5.34. The van der Waals surface area contributed by atoms with E-state index >= 15 is 0 Å². The number of hydrogen-bond donors (Lipinski definition) is 3. The van der Waals surface area contributed by atoms with E-state index in [0.29, 0.717) is 11.9 Å². The number of aromatic amines is 1. The number of nitrogens with two attached hydrogens (primary N) is 1. The molecule has 4 N–H and O–H groups in total. The van der Waals surface area contributed by atoms with Gasteiger partial charge in [0.25, 0.3) is 0 Å². The summed E-state index contributed by atoms with van der Waals surface area (Å²) in [6.45, 7) is 3.28. The average molecular weight is 489 g/mol. The number of aliphatic carboxylic acids is 1. The Kier molecular flexibility index (Phi) is 6.58. The van der Waals surface area contributed by atoms with Gasteiger partial charge in [-0.25, -0.2) is 9.78 Å². The highest BCUT2D eigenvalue weighted by atomic mass is 19.4. The van der Waals surface area contributed by atoms with Crippen molar-refractivity contribution in [2.75, 3.05) is 17.2 Å². The van der Waals surface area contributed by atoms with Gasteiger partial charge in [-0.2, -0.15) is 13.2 Å². The molecule has 5 rings (SSSR count). The maximum atomic E-state index is 10.6. The van der Waals surface area contributed by atoms with Crippen molar-refractivity contribution in [3.05, 3.63) is 36.8 Å². The largest absolute Gasteiger partial charge is 0.490 e. The summed E-state index contributed by atoms with van der Waals surface area (Å²) in [5, 5.41) is 15.9. The van der Waals surface area contributed by atoms with Gasteiger partial charge in [-0.15, -0.1) is 5.10 Å². The third-order valence-electron chi connectivity index (χ3n) is 5.61. The van der Waals surface area contributed by atoms with Crippen molar-refractivity contribution in [3.63, 3.8) is 0 Å². The molecule has 0 amide bonds. The Balaban J connectivity index is 0.000000364. The lowest BCUT2D eigenvalue weighted by molar-refractivity contribution is -0.192. The standard InChI is InChI=1S/C20H21N7O.C2HF3O2/c1-12-4-2-3-7-27(12)18-11-22-10-17(24-18)15-9-23-16-6-5-13(8-14(15)16)19-25-26-20(21)28-19;3-2(4,5)1(6)7/h5-6,8-12,23H,2-4,7H2,1H3,(H2,21,26);(H,6,7). The first-order valence-corrected chi connectivity index (χ1v) is 10.7. The fourth-order valence-corrected chi connectivity index (χ4v) is 3.88. The number of carboxylic acid groups (broad SMARTS) is 1. The average Bonchev–Trinajstić information content (AvgIpc) is 3.45. The topological polar surface area (TPSA) is 147 Å². The number of nitrogens with one attached hydrogen (secondary N) is 1. The Labute approximate surface area is 197 Å². The molecule has 1 aliphatic rings. The van der Waals surface area contributed by atoms with Gasteiger partial charge in [0.05, 0.1) is 18.1 Å². The van der Waals surface area contributed by atoms with Gasteiger partial charge in [0.15, 0.2) is 0 Å². The zero-order chi connectivity index (χ0) is 25.2. The number of nitrogen functional groups attached to an aromatic ring is 1. The number of carbonyl (C=O) groups is 1. The van der Waals surface area contributed by atoms with Gasteiger partial charge in [0.2, 0.25) is 5.89 Å². The van der Waals surface area contributed by atoms with E-state index in [2.05, 4.69) is 32.0 Å². The van der Waals surface area contributed by atoms with Gasteiger partial charge in [-0.3, -0.25) is 4.98 Å². The van der Waals surface area contributed by atoms with Crippen molar-refractivity contribution >= 4 is 28.7 Å². The molecule has 0 saturated carbocycles. The van der Waals surface area contributed by atoms with Crippen molar-refractivity contribution in [3.8, 4) is 22.7 Å². The second kappa shape index (κ2) is 9.60. The lowest BCUT2D eigenvalue weighted by Crippen LogP contribution is -2.38. The molecule has 10 nitrogen and oxygen atoms in total. The number of piperidine rings is 1. The van der Waals surface area contributed by atoms with Crippen LogP contribution in [0, 0.1) is 0 Å². The zero-order valence-corrected chi connectivity index (χ0v) is 18.6. The van der Waals surface area contributed by atoms with Crippen LogP contribution in [0.3, 0.4) is 0 Å². The van der Waals surface area contributed by atoms with E-state index in [9.17, 15) is 13.2 Å². The number of carboxylic acids is 1. The maximum absolute atomic E-state index is 10.6. The quantitative estimate of drug-likeness (QED) is 0.384. The summed E-state index contributed by atoms with van der Waals surface area (Å²) >= 11 is 0. The highest BCUT2D eigenvalue weighted by molar-refractivity contribution is 5.96. The van der Waals surface area contributed by atoms with Crippen LogP contribution < -0.4 is 10.6 Å². The molecular weight excluding hydrogens is 467 g/mol. The SMILES string of the molecule is CC1CCCCN1c1cncc(-c2c[nH]c3ccc(-c4nnc(N)o4)cc23)n1.O=C(O)C(F)(F)F. The molecule has 0 aliphatic carbocycles. The Morgan fingerprint density at radius 3 is 2.69 bits per heavy atom. The number of H-pyrrole nitrogens is 1. The molecule has 0 spiro atoms. The lowest BCUT2D eigenvalue weighted by atomic mass is 10.0. The molecular formula is C22H22F3N7O3. The van der Waals surface area contributed by atoms with Crippen LogP contribution in [0.15, 0.2) is 41.2 Å². The second-order valence-corrected chi connectivity index (χ2v) is 8.01. The van der Waals surface area contributed by atoms with E-state index in [-0.39, 0.29) is 6.01 Å². The third-order valence-corrected chi connectivity index (χ3v) is 5.61. The smallest absolute Gasteiger partial charge is 0.475 e. The van der Waals surface area contributed by atoms with Crippen LogP contribution in [0.1, 0.15) is 26.2 Å². The van der Waals surface area contributed by atoms with E-state index in [4.69, 9.17) is 25.0 Å². The molecule has 35 heavy (non-hydrogen) atoms. The van der Waals surface area contributed by atoms with E-state index < -0.39 is 12.1 Å². The minimum Gasteiger partial charge on any atom is -0.475 e. The zero-order valence-electron chi connectivity index (χ0n) is 18.6. The van der Waals surface area contributed by atoms with Crippen molar-refractivity contribution in [1.82, 2.24) is 25.1 Å². The van der Waals surface area contributed by atoms with E-state index in [0.717, 1.165) is 40.1 Å². The Morgan fingerprint density at radius 1 is 1.26 bits per heavy atom. The first kappa shape index (κ1) is 24.0. The number of aromatic nitrogens is 5. The summed E-state index contributed by atoms with van der Waals surface area (Å²) in [5.41, 5.74) is 9.20. The number of anilines is 2. The van der Waals surface area contributed by atoms with Crippen LogP contribution in [-0.4, -0.2) is 55.0 Å². The van der Waals surface area contributed by atoms with Crippen molar-refractivity contribution in [1.29, 1.82) is 0 Å². The fraction of sp³-hybridized carbons (Fsp3) is 0.318. The van der Waals surface area contributed by atoms with Gasteiger partial charge in [0, 0.05) is 40.8 Å². The number of alkyl halides is 3. The molecule has 4 heterocycles. The first-order chi connectivity index (χ1) is 16.6. The summed E-state index contributed by atoms with van der Waals surface area (Å²) in [7, 11) is 0. The minimum absolute atomic E-state index is 0.0543. The molecule has 1 saturated heterocycles. The Bertz CT molecular complexity index is 1340. The number of halogens is 3. The van der Waals surface area contributed by atoms with Crippen molar-refractivity contribution in [2.45, 2.75) is 38.4 Å². The number of rotatable bonds is 3. The van der Waals surface area contributed by atoms with Gasteiger partial charge in [-0.1, -0.05) is 5.10 Å². The van der Waals surface area contributed by atoms with E-state index in [1.54, 1.807) is 6.20 Å². The van der Waals surface area contributed by atoms with E-state index in [1.165, 1.54) is 19.3 Å². The molecule has 0 radical (unpaired) electrons. The van der Waals surface area contributed by atoms with Crippen LogP contribution in [0.4, 0.5) is 25.0 Å². The summed E-state index contributed by atoms with van der Waals surface area (Å²) < 4.78 is 37.1. The number of fused-ring (bicyclic) bond motifs is 1. The molecule has 3 aromatic heterocycles. The second-order valence-electron chi connectivity index (χ2n) is 8.01. The van der Waals surface area contributed by atoms with Gasteiger partial charge < -0.3 is 25.1 Å². The molecule has 0 bridgehead atoms. The van der Waals surface area contributed by atoms with E-state index in [1.807, 2.05) is 30.6 Å². The number of benzene rings is 1. The molecule has 1 aliphatic heterocycles. The monoisotopic (exact) mass is 489 g/mol. The molecule has 4 aromatic rings. The number of hydrogen-bond acceptors (Lipinski definition) is 8. The predicted molar refractivity (Wildman–Crippen MR) is 121 cm³/mol. The van der Waals surface area contributed by atoms with Gasteiger partial charge in [0.1, 0.15) is 5.82 Å².